The van der Waals surface area contributed by atoms with Crippen LogP contribution in [-0.2, 0) is 11.8 Å². The van der Waals surface area contributed by atoms with Crippen molar-refractivity contribution >= 4 is 0 Å². The Bertz CT molecular complexity index is 528. The molecule has 0 fully saturated rings. The van der Waals surface area contributed by atoms with Crippen LogP contribution in [0.5, 0.6) is 0 Å². The summed E-state index contributed by atoms with van der Waals surface area (Å²) in [4.78, 5) is 0. The normalized spacial score (nSPS) is 13.3. The Morgan fingerprint density at radius 1 is 1.00 bits per heavy atom. The number of benzene rings is 2. The van der Waals surface area contributed by atoms with E-state index in [0.717, 1.165) is 0 Å². The molecule has 0 radical (unpaired) electrons. The van der Waals surface area contributed by atoms with Crippen LogP contribution in [0.3, 0.4) is 0 Å². The van der Waals surface area contributed by atoms with Gasteiger partial charge in [0.25, 0.3) is 0 Å². The van der Waals surface area contributed by atoms with Gasteiger partial charge in [0.05, 0.1) is 6.10 Å². The van der Waals surface area contributed by atoms with Crippen LogP contribution in [0.4, 0.5) is 0 Å². The van der Waals surface area contributed by atoms with Crippen LogP contribution in [0.15, 0.2) is 54.6 Å². The molecule has 0 spiro atoms. The molecule has 0 amide bonds. The third-order valence-electron chi connectivity index (χ3n) is 3.86. The van der Waals surface area contributed by atoms with E-state index >= 15 is 0 Å². The number of hydrogen-bond donors (Lipinski definition) is 1. The van der Waals surface area contributed by atoms with E-state index in [0.29, 0.717) is 6.42 Å². The highest BCUT2D eigenvalue weighted by Gasteiger charge is 2.29. The summed E-state index contributed by atoms with van der Waals surface area (Å²) in [5.41, 5.74) is 3.36. The van der Waals surface area contributed by atoms with Gasteiger partial charge in [-0.1, -0.05) is 74.0 Å². The minimum atomic E-state index is -0.392. The fourth-order valence-corrected chi connectivity index (χ4v) is 2.38. The third kappa shape index (κ3) is 3.24. The van der Waals surface area contributed by atoms with Gasteiger partial charge in [-0.2, -0.15) is 0 Å². The van der Waals surface area contributed by atoms with E-state index < -0.39 is 6.10 Å². The lowest BCUT2D eigenvalue weighted by atomic mass is 9.77. The molecule has 0 saturated heterocycles. The van der Waals surface area contributed by atoms with Crippen LogP contribution >= 0.6 is 0 Å². The quantitative estimate of drug-likeness (QED) is 0.878. The predicted molar refractivity (Wildman–Crippen MR) is 80.4 cm³/mol. The number of rotatable bonds is 4. The van der Waals surface area contributed by atoms with E-state index in [1.54, 1.807) is 0 Å². The molecule has 100 valence electrons. The molecule has 0 bridgehead atoms. The first-order valence-corrected chi connectivity index (χ1v) is 6.79. The van der Waals surface area contributed by atoms with Crippen molar-refractivity contribution < 1.29 is 5.11 Å². The largest absolute Gasteiger partial charge is 0.392 e. The fourth-order valence-electron chi connectivity index (χ4n) is 2.38. The predicted octanol–water partition coefficient (Wildman–Crippen LogP) is 3.88. The Morgan fingerprint density at radius 3 is 2.32 bits per heavy atom. The molecule has 19 heavy (non-hydrogen) atoms. The highest BCUT2D eigenvalue weighted by molar-refractivity contribution is 5.28. The molecule has 0 aliphatic heterocycles. The van der Waals surface area contributed by atoms with E-state index in [9.17, 15) is 5.11 Å². The topological polar surface area (TPSA) is 20.2 Å². The molecule has 2 rings (SSSR count). The van der Waals surface area contributed by atoms with Crippen molar-refractivity contribution in [3.05, 3.63) is 71.3 Å². The molecule has 0 saturated carbocycles. The molecule has 2 aromatic rings. The maximum atomic E-state index is 10.6. The van der Waals surface area contributed by atoms with Gasteiger partial charge in [0.15, 0.2) is 0 Å². The van der Waals surface area contributed by atoms with Crippen molar-refractivity contribution in [3.8, 4) is 0 Å². The maximum Gasteiger partial charge on any atom is 0.0671 e. The summed E-state index contributed by atoms with van der Waals surface area (Å²) in [6.45, 7) is 6.28. The summed E-state index contributed by atoms with van der Waals surface area (Å²) in [6.07, 6.45) is 0.292. The van der Waals surface area contributed by atoms with Gasteiger partial charge >= 0.3 is 0 Å². The molecular formula is C18H22O. The van der Waals surface area contributed by atoms with E-state index in [-0.39, 0.29) is 5.41 Å². The van der Waals surface area contributed by atoms with Crippen LogP contribution in [0, 0.1) is 6.92 Å². The van der Waals surface area contributed by atoms with Crippen molar-refractivity contribution in [3.63, 3.8) is 0 Å². The molecule has 1 heteroatoms. The zero-order chi connectivity index (χ0) is 13.9. The second-order valence-electron chi connectivity index (χ2n) is 5.80. The fraction of sp³-hybridized carbons (Fsp3) is 0.333. The number of hydrogen-bond acceptors (Lipinski definition) is 1. The van der Waals surface area contributed by atoms with Gasteiger partial charge < -0.3 is 5.11 Å². The van der Waals surface area contributed by atoms with Crippen molar-refractivity contribution in [1.82, 2.24) is 0 Å². The van der Waals surface area contributed by atoms with Crippen molar-refractivity contribution in [2.45, 2.75) is 38.7 Å². The van der Waals surface area contributed by atoms with Gasteiger partial charge in [0.1, 0.15) is 0 Å². The maximum absolute atomic E-state index is 10.6. The second kappa shape index (κ2) is 5.58. The zero-order valence-corrected chi connectivity index (χ0v) is 11.9. The van der Waals surface area contributed by atoms with Gasteiger partial charge in [-0.05, 0) is 24.5 Å². The van der Waals surface area contributed by atoms with Gasteiger partial charge in [0, 0.05) is 5.41 Å². The molecule has 1 atom stereocenters. The summed E-state index contributed by atoms with van der Waals surface area (Å²) in [5.74, 6) is 0. The molecule has 2 aromatic carbocycles. The summed E-state index contributed by atoms with van der Waals surface area (Å²) >= 11 is 0. The monoisotopic (exact) mass is 254 g/mol. The molecule has 1 nitrogen and oxygen atoms in total. The van der Waals surface area contributed by atoms with Crippen LogP contribution in [0.1, 0.15) is 30.5 Å². The first-order valence-electron chi connectivity index (χ1n) is 6.79. The lowest BCUT2D eigenvalue weighted by Gasteiger charge is -2.31. The number of aliphatic hydroxyl groups excluding tert-OH is 1. The average Bonchev–Trinajstić information content (AvgIpc) is 2.39. The van der Waals surface area contributed by atoms with Crippen LogP contribution < -0.4 is 0 Å². The highest BCUT2D eigenvalue weighted by atomic mass is 16.3. The first-order chi connectivity index (χ1) is 9.00. The van der Waals surface area contributed by atoms with Crippen LogP contribution in [-0.4, -0.2) is 11.2 Å². The van der Waals surface area contributed by atoms with Crippen molar-refractivity contribution in [2.24, 2.45) is 0 Å². The molecular weight excluding hydrogens is 232 g/mol. The number of aryl methyl sites for hydroxylation is 1. The second-order valence-corrected chi connectivity index (χ2v) is 5.80. The van der Waals surface area contributed by atoms with Crippen molar-refractivity contribution in [2.75, 3.05) is 0 Å². The first kappa shape index (κ1) is 13.8. The molecule has 0 aromatic heterocycles. The highest BCUT2D eigenvalue weighted by Crippen LogP contribution is 2.29. The Labute approximate surface area is 115 Å². The van der Waals surface area contributed by atoms with E-state index in [4.69, 9.17) is 0 Å². The molecule has 1 N–H and O–H groups in total. The summed E-state index contributed by atoms with van der Waals surface area (Å²) in [6, 6.07) is 18.6. The van der Waals surface area contributed by atoms with E-state index in [2.05, 4.69) is 51.1 Å². The summed E-state index contributed by atoms with van der Waals surface area (Å²) in [7, 11) is 0. The zero-order valence-electron chi connectivity index (χ0n) is 11.9. The molecule has 0 aliphatic rings. The third-order valence-corrected chi connectivity index (χ3v) is 3.86. The SMILES string of the molecule is Cc1cccc(CC(O)C(C)(C)c2ccccc2)c1. The summed E-state index contributed by atoms with van der Waals surface area (Å²) < 4.78 is 0. The van der Waals surface area contributed by atoms with Gasteiger partial charge in [0.2, 0.25) is 0 Å². The Hall–Kier alpha value is -1.60. The van der Waals surface area contributed by atoms with Crippen LogP contribution in [0.25, 0.3) is 0 Å². The molecule has 0 aliphatic carbocycles. The standard InChI is InChI=1S/C18H22O/c1-14-8-7-9-15(12-14)13-17(19)18(2,3)16-10-5-4-6-11-16/h4-12,17,19H,13H2,1-3H3. The minimum absolute atomic E-state index is 0.245. The summed E-state index contributed by atoms with van der Waals surface area (Å²) in [5, 5.41) is 10.6. The Balaban J connectivity index is 2.17. The van der Waals surface area contributed by atoms with Crippen LogP contribution in [0.2, 0.25) is 0 Å². The average molecular weight is 254 g/mol. The smallest absolute Gasteiger partial charge is 0.0671 e. The lowest BCUT2D eigenvalue weighted by Crippen LogP contribution is -2.35. The minimum Gasteiger partial charge on any atom is -0.392 e. The molecule has 0 heterocycles. The number of aliphatic hydroxyl groups is 1. The van der Waals surface area contributed by atoms with Gasteiger partial charge in [-0.15, -0.1) is 0 Å². The molecule has 1 unspecified atom stereocenters. The lowest BCUT2D eigenvalue weighted by molar-refractivity contribution is 0.1000. The van der Waals surface area contributed by atoms with Crippen molar-refractivity contribution in [1.29, 1.82) is 0 Å². The Morgan fingerprint density at radius 2 is 1.68 bits per heavy atom. The van der Waals surface area contributed by atoms with E-state index in [1.807, 2.05) is 24.3 Å². The van der Waals surface area contributed by atoms with Gasteiger partial charge in [-0.25, -0.2) is 0 Å². The Kier molecular flexibility index (Phi) is 4.06. The van der Waals surface area contributed by atoms with Gasteiger partial charge in [-0.3, -0.25) is 0 Å². The van der Waals surface area contributed by atoms with E-state index in [1.165, 1.54) is 16.7 Å².